The van der Waals surface area contributed by atoms with Crippen LogP contribution in [-0.2, 0) is 0 Å². The summed E-state index contributed by atoms with van der Waals surface area (Å²) >= 11 is 0. The fraction of sp³-hybridized carbons (Fsp3) is 0. The molecule has 0 saturated heterocycles. The van der Waals surface area contributed by atoms with Crippen molar-refractivity contribution in [3.8, 4) is 16.9 Å². The Morgan fingerprint density at radius 3 is 2.31 bits per heavy atom. The number of aromatic hydroxyl groups is 1. The number of phenolic OH excluding ortho intramolecular Hbond substituents is 1. The van der Waals surface area contributed by atoms with E-state index >= 15 is 0 Å². The molecular formula is C12H7F3O. The van der Waals surface area contributed by atoms with E-state index in [9.17, 15) is 13.2 Å². The van der Waals surface area contributed by atoms with Crippen LogP contribution in [0.15, 0.2) is 36.4 Å². The third-order valence-corrected chi connectivity index (χ3v) is 2.21. The molecule has 0 saturated carbocycles. The summed E-state index contributed by atoms with van der Waals surface area (Å²) in [5, 5.41) is 8.97. The molecular weight excluding hydrogens is 217 g/mol. The van der Waals surface area contributed by atoms with E-state index < -0.39 is 23.2 Å². The van der Waals surface area contributed by atoms with Crippen molar-refractivity contribution >= 4 is 0 Å². The lowest BCUT2D eigenvalue weighted by Crippen LogP contribution is -1.89. The third-order valence-electron chi connectivity index (χ3n) is 2.21. The zero-order chi connectivity index (χ0) is 11.7. The third kappa shape index (κ3) is 1.74. The van der Waals surface area contributed by atoms with E-state index in [1.165, 1.54) is 18.2 Å². The van der Waals surface area contributed by atoms with Crippen LogP contribution in [0, 0.1) is 17.5 Å². The molecule has 2 rings (SSSR count). The molecule has 16 heavy (non-hydrogen) atoms. The minimum atomic E-state index is -1.03. The first kappa shape index (κ1) is 10.5. The molecule has 0 atom stereocenters. The van der Waals surface area contributed by atoms with Gasteiger partial charge in [0.1, 0.15) is 0 Å². The summed E-state index contributed by atoms with van der Waals surface area (Å²) in [6, 6.07) is 7.01. The van der Waals surface area contributed by atoms with E-state index in [-0.39, 0.29) is 11.1 Å². The molecule has 1 nitrogen and oxygen atoms in total. The second-order valence-electron chi connectivity index (χ2n) is 3.27. The summed E-state index contributed by atoms with van der Waals surface area (Å²) in [6.45, 7) is 0. The van der Waals surface area contributed by atoms with Gasteiger partial charge in [0, 0.05) is 5.56 Å². The fourth-order valence-corrected chi connectivity index (χ4v) is 1.40. The predicted octanol–water partition coefficient (Wildman–Crippen LogP) is 3.48. The minimum absolute atomic E-state index is 0.0427. The van der Waals surface area contributed by atoms with Gasteiger partial charge >= 0.3 is 0 Å². The molecule has 0 radical (unpaired) electrons. The minimum Gasteiger partial charge on any atom is -0.505 e. The molecule has 0 aliphatic carbocycles. The van der Waals surface area contributed by atoms with Gasteiger partial charge in [0.05, 0.1) is 0 Å². The van der Waals surface area contributed by atoms with Gasteiger partial charge in [-0.05, 0) is 23.8 Å². The van der Waals surface area contributed by atoms with Gasteiger partial charge in [-0.1, -0.05) is 18.2 Å². The SMILES string of the molecule is Oc1ccc(-c2cccc(F)c2F)cc1F. The van der Waals surface area contributed by atoms with Gasteiger partial charge in [-0.25, -0.2) is 13.2 Å². The van der Waals surface area contributed by atoms with Gasteiger partial charge < -0.3 is 5.11 Å². The monoisotopic (exact) mass is 224 g/mol. The lowest BCUT2D eigenvalue weighted by Gasteiger charge is -2.04. The molecule has 82 valence electrons. The average molecular weight is 224 g/mol. The molecule has 0 amide bonds. The predicted molar refractivity (Wildman–Crippen MR) is 53.4 cm³/mol. The molecule has 1 N–H and O–H groups in total. The Morgan fingerprint density at radius 1 is 0.875 bits per heavy atom. The number of hydrogen-bond acceptors (Lipinski definition) is 1. The van der Waals surface area contributed by atoms with Gasteiger partial charge in [0.2, 0.25) is 0 Å². The Morgan fingerprint density at radius 2 is 1.62 bits per heavy atom. The molecule has 0 bridgehead atoms. The van der Waals surface area contributed by atoms with Crippen LogP contribution in [0.5, 0.6) is 5.75 Å². The van der Waals surface area contributed by atoms with Crippen molar-refractivity contribution < 1.29 is 18.3 Å². The maximum atomic E-state index is 13.4. The summed E-state index contributed by atoms with van der Waals surface area (Å²) in [6.07, 6.45) is 0. The number of phenols is 1. The Kier molecular flexibility index (Phi) is 2.56. The molecule has 0 unspecified atom stereocenters. The number of rotatable bonds is 1. The standard InChI is InChI=1S/C12H7F3O/c13-9-3-1-2-8(12(9)15)7-4-5-11(16)10(14)6-7/h1-6,16H. The summed E-state index contributed by atoms with van der Waals surface area (Å²) in [4.78, 5) is 0. The number of hydrogen-bond donors (Lipinski definition) is 1. The van der Waals surface area contributed by atoms with Gasteiger partial charge in [0.15, 0.2) is 23.2 Å². The van der Waals surface area contributed by atoms with Crippen LogP contribution < -0.4 is 0 Å². The van der Waals surface area contributed by atoms with E-state index in [1.54, 1.807) is 0 Å². The van der Waals surface area contributed by atoms with Gasteiger partial charge in [-0.3, -0.25) is 0 Å². The highest BCUT2D eigenvalue weighted by atomic mass is 19.2. The van der Waals surface area contributed by atoms with Crippen LogP contribution in [0.4, 0.5) is 13.2 Å². The molecule has 0 aliphatic heterocycles. The summed E-state index contributed by atoms with van der Waals surface area (Å²) < 4.78 is 39.3. The normalized spacial score (nSPS) is 10.4. The zero-order valence-corrected chi connectivity index (χ0v) is 8.05. The highest BCUT2D eigenvalue weighted by molar-refractivity contribution is 5.65. The van der Waals surface area contributed by atoms with E-state index in [4.69, 9.17) is 5.11 Å². The molecule has 0 aromatic heterocycles. The van der Waals surface area contributed by atoms with Crippen molar-refractivity contribution in [2.45, 2.75) is 0 Å². The van der Waals surface area contributed by atoms with Crippen LogP contribution in [0.25, 0.3) is 11.1 Å². The highest BCUT2D eigenvalue weighted by Crippen LogP contribution is 2.27. The lowest BCUT2D eigenvalue weighted by atomic mass is 10.0. The van der Waals surface area contributed by atoms with E-state index in [2.05, 4.69) is 0 Å². The highest BCUT2D eigenvalue weighted by Gasteiger charge is 2.11. The molecule has 0 fully saturated rings. The molecule has 4 heteroatoms. The maximum absolute atomic E-state index is 13.4. The Balaban J connectivity index is 2.59. The van der Waals surface area contributed by atoms with Crippen LogP contribution in [0.1, 0.15) is 0 Å². The number of halogens is 3. The van der Waals surface area contributed by atoms with Crippen molar-refractivity contribution in [1.29, 1.82) is 0 Å². The van der Waals surface area contributed by atoms with Crippen LogP contribution >= 0.6 is 0 Å². The smallest absolute Gasteiger partial charge is 0.166 e. The second-order valence-corrected chi connectivity index (χ2v) is 3.27. The Hall–Kier alpha value is -1.97. The number of benzene rings is 2. The first-order valence-electron chi connectivity index (χ1n) is 4.52. The van der Waals surface area contributed by atoms with Crippen molar-refractivity contribution in [1.82, 2.24) is 0 Å². The van der Waals surface area contributed by atoms with Crippen LogP contribution in [-0.4, -0.2) is 5.11 Å². The molecule has 0 spiro atoms. The summed E-state index contributed by atoms with van der Waals surface area (Å²) in [5.41, 5.74) is 0.131. The first-order chi connectivity index (χ1) is 7.59. The van der Waals surface area contributed by atoms with Crippen molar-refractivity contribution in [3.05, 3.63) is 53.8 Å². The first-order valence-corrected chi connectivity index (χ1v) is 4.52. The van der Waals surface area contributed by atoms with E-state index in [0.29, 0.717) is 0 Å². The van der Waals surface area contributed by atoms with Crippen molar-refractivity contribution in [2.75, 3.05) is 0 Å². The molecule has 2 aromatic rings. The molecule has 0 heterocycles. The van der Waals surface area contributed by atoms with Gasteiger partial charge in [-0.2, -0.15) is 0 Å². The zero-order valence-electron chi connectivity index (χ0n) is 8.05. The van der Waals surface area contributed by atoms with Crippen molar-refractivity contribution in [3.63, 3.8) is 0 Å². The molecule has 2 aromatic carbocycles. The van der Waals surface area contributed by atoms with Crippen molar-refractivity contribution in [2.24, 2.45) is 0 Å². The lowest BCUT2D eigenvalue weighted by molar-refractivity contribution is 0.432. The Bertz CT molecular complexity index is 538. The van der Waals surface area contributed by atoms with Crippen LogP contribution in [0.3, 0.4) is 0 Å². The molecule has 0 aliphatic rings. The fourth-order valence-electron chi connectivity index (χ4n) is 1.40. The summed E-state index contributed by atoms with van der Waals surface area (Å²) in [7, 11) is 0. The maximum Gasteiger partial charge on any atom is 0.166 e. The Labute approximate surface area is 89.8 Å². The van der Waals surface area contributed by atoms with E-state index in [1.807, 2.05) is 0 Å². The van der Waals surface area contributed by atoms with E-state index in [0.717, 1.165) is 18.2 Å². The average Bonchev–Trinajstić information content (AvgIpc) is 2.26. The van der Waals surface area contributed by atoms with Gasteiger partial charge in [0.25, 0.3) is 0 Å². The summed E-state index contributed by atoms with van der Waals surface area (Å²) in [5.74, 6) is -3.43. The van der Waals surface area contributed by atoms with Gasteiger partial charge in [-0.15, -0.1) is 0 Å². The van der Waals surface area contributed by atoms with Crippen LogP contribution in [0.2, 0.25) is 0 Å². The second kappa shape index (κ2) is 3.89. The topological polar surface area (TPSA) is 20.2 Å². The quantitative estimate of drug-likeness (QED) is 0.786. The largest absolute Gasteiger partial charge is 0.505 e.